The van der Waals surface area contributed by atoms with Crippen LogP contribution in [-0.4, -0.2) is 54.4 Å². The Balaban J connectivity index is 1.73. The molecule has 0 saturated carbocycles. The lowest BCUT2D eigenvalue weighted by molar-refractivity contribution is -0.135. The summed E-state index contributed by atoms with van der Waals surface area (Å²) in [5.41, 5.74) is 9.11. The van der Waals surface area contributed by atoms with Crippen LogP contribution in [-0.2, 0) is 16.8 Å². The molecule has 6 nitrogen and oxygen atoms in total. The van der Waals surface area contributed by atoms with Crippen LogP contribution in [0.15, 0.2) is 24.4 Å². The van der Waals surface area contributed by atoms with E-state index in [1.807, 2.05) is 30.0 Å². The minimum atomic E-state index is -0.301. The third-order valence-electron chi connectivity index (χ3n) is 5.55. The second-order valence-corrected chi connectivity index (χ2v) is 7.86. The van der Waals surface area contributed by atoms with Crippen molar-refractivity contribution in [3.8, 4) is 11.1 Å². The zero-order valence-corrected chi connectivity index (χ0v) is 15.8. The maximum atomic E-state index is 15.2. The van der Waals surface area contributed by atoms with Gasteiger partial charge in [-0.15, -0.1) is 0 Å². The lowest BCUT2D eigenvalue weighted by Crippen LogP contribution is -2.61. The molecule has 0 unspecified atom stereocenters. The second kappa shape index (κ2) is 6.20. The molecule has 1 saturated heterocycles. The van der Waals surface area contributed by atoms with Crippen LogP contribution in [0.25, 0.3) is 11.1 Å². The second-order valence-electron chi connectivity index (χ2n) is 7.86. The van der Waals surface area contributed by atoms with Gasteiger partial charge in [0.05, 0.1) is 5.41 Å². The van der Waals surface area contributed by atoms with Gasteiger partial charge in [0, 0.05) is 67.2 Å². The number of nitrogens with one attached hydrogen (secondary N) is 1. The van der Waals surface area contributed by atoms with E-state index in [0.29, 0.717) is 36.4 Å². The van der Waals surface area contributed by atoms with Gasteiger partial charge in [-0.1, -0.05) is 0 Å². The number of aromatic nitrogens is 1. The Morgan fingerprint density at radius 3 is 2.81 bits per heavy atom. The van der Waals surface area contributed by atoms with Crippen molar-refractivity contribution in [1.29, 1.82) is 0 Å². The number of anilines is 2. The highest BCUT2D eigenvalue weighted by atomic mass is 19.1. The van der Waals surface area contributed by atoms with Crippen LogP contribution in [0, 0.1) is 5.82 Å². The Labute approximate surface area is 158 Å². The summed E-state index contributed by atoms with van der Waals surface area (Å²) in [5.74, 6) is 0.604. The molecule has 1 spiro atoms. The van der Waals surface area contributed by atoms with Crippen LogP contribution in [0.2, 0.25) is 0 Å². The molecule has 7 heteroatoms. The van der Waals surface area contributed by atoms with Crippen molar-refractivity contribution < 1.29 is 9.18 Å². The largest absolute Gasteiger partial charge is 0.398 e. The Morgan fingerprint density at radius 2 is 2.15 bits per heavy atom. The van der Waals surface area contributed by atoms with E-state index >= 15 is 4.39 Å². The Hall–Kier alpha value is -2.67. The summed E-state index contributed by atoms with van der Waals surface area (Å²) in [6.45, 7) is 4.11. The Morgan fingerprint density at radius 1 is 1.41 bits per heavy atom. The first-order valence-electron chi connectivity index (χ1n) is 9.02. The van der Waals surface area contributed by atoms with Gasteiger partial charge in [0.25, 0.3) is 0 Å². The number of nitrogens with two attached hydrogens (primary N) is 1. The van der Waals surface area contributed by atoms with Gasteiger partial charge in [-0.05, 0) is 32.3 Å². The molecule has 2 aromatic rings. The fraction of sp³-hybridized carbons (Fsp3) is 0.400. The van der Waals surface area contributed by atoms with E-state index in [9.17, 15) is 4.79 Å². The summed E-state index contributed by atoms with van der Waals surface area (Å²) in [5, 5.41) is 3.32. The normalized spacial score (nSPS) is 17.0. The van der Waals surface area contributed by atoms with Crippen LogP contribution >= 0.6 is 0 Å². The quantitative estimate of drug-likeness (QED) is 0.810. The SMILES string of the molecule is CC(=O)N1CC2(CNc3ncc(-c4ccc(N)c(CN(C)C)c4F)cc32)C1. The van der Waals surface area contributed by atoms with Crippen molar-refractivity contribution in [2.24, 2.45) is 0 Å². The molecule has 0 atom stereocenters. The highest BCUT2D eigenvalue weighted by Gasteiger charge is 2.50. The minimum absolute atomic E-state index is 0.0797. The van der Waals surface area contributed by atoms with E-state index in [1.165, 1.54) is 0 Å². The van der Waals surface area contributed by atoms with Crippen LogP contribution in [0.5, 0.6) is 0 Å². The van der Waals surface area contributed by atoms with E-state index in [-0.39, 0.29) is 17.1 Å². The van der Waals surface area contributed by atoms with Crippen molar-refractivity contribution in [3.63, 3.8) is 0 Å². The first-order chi connectivity index (χ1) is 12.8. The fourth-order valence-corrected chi connectivity index (χ4v) is 4.03. The van der Waals surface area contributed by atoms with Crippen molar-refractivity contribution in [1.82, 2.24) is 14.8 Å². The molecule has 4 rings (SSSR count). The van der Waals surface area contributed by atoms with Gasteiger partial charge in [0.2, 0.25) is 5.91 Å². The molecule has 3 N–H and O–H groups in total. The fourth-order valence-electron chi connectivity index (χ4n) is 4.03. The summed E-state index contributed by atoms with van der Waals surface area (Å²) < 4.78 is 15.2. The molecule has 2 aliphatic rings. The highest BCUT2D eigenvalue weighted by molar-refractivity contribution is 5.77. The molecule has 0 radical (unpaired) electrons. The average Bonchev–Trinajstić information content (AvgIpc) is 2.96. The van der Waals surface area contributed by atoms with Gasteiger partial charge in [-0.2, -0.15) is 0 Å². The molecule has 1 aromatic carbocycles. The number of pyridine rings is 1. The minimum Gasteiger partial charge on any atom is -0.398 e. The van der Waals surface area contributed by atoms with Gasteiger partial charge < -0.3 is 20.9 Å². The molecular formula is C20H24FN5O. The first kappa shape index (κ1) is 17.7. The topological polar surface area (TPSA) is 74.5 Å². The predicted molar refractivity (Wildman–Crippen MR) is 104 cm³/mol. The standard InChI is InChI=1S/C20H24FN5O/c1-12(27)26-10-20(11-26)9-24-19-16(20)6-13(7-23-19)14-4-5-17(22)15(18(14)21)8-25(2)3/h4-7H,8-11,22H2,1-3H3,(H,23,24). The zero-order chi connectivity index (χ0) is 19.3. The number of hydrogen-bond acceptors (Lipinski definition) is 5. The monoisotopic (exact) mass is 369 g/mol. The Kier molecular flexibility index (Phi) is 4.07. The first-order valence-corrected chi connectivity index (χ1v) is 9.02. The maximum Gasteiger partial charge on any atom is 0.219 e. The number of rotatable bonds is 3. The van der Waals surface area contributed by atoms with Crippen LogP contribution in [0.1, 0.15) is 18.1 Å². The smallest absolute Gasteiger partial charge is 0.219 e. The molecule has 1 fully saturated rings. The van der Waals surface area contributed by atoms with Crippen LogP contribution in [0.3, 0.4) is 0 Å². The summed E-state index contributed by atoms with van der Waals surface area (Å²) >= 11 is 0. The van der Waals surface area contributed by atoms with E-state index < -0.39 is 0 Å². The molecule has 3 heterocycles. The number of likely N-dealkylation sites (tertiary alicyclic amines) is 1. The third kappa shape index (κ3) is 2.82. The highest BCUT2D eigenvalue weighted by Crippen LogP contribution is 2.44. The van der Waals surface area contributed by atoms with Gasteiger partial charge in [0.15, 0.2) is 0 Å². The lowest BCUT2D eigenvalue weighted by Gasteiger charge is -2.47. The van der Waals surface area contributed by atoms with Gasteiger partial charge >= 0.3 is 0 Å². The molecular weight excluding hydrogens is 345 g/mol. The number of nitrogens with zero attached hydrogens (tertiary/aromatic N) is 3. The summed E-state index contributed by atoms with van der Waals surface area (Å²) in [7, 11) is 3.77. The number of carbonyl (C=O) groups is 1. The summed E-state index contributed by atoms with van der Waals surface area (Å²) in [6.07, 6.45) is 1.69. The number of benzene rings is 1. The van der Waals surface area contributed by atoms with E-state index in [1.54, 1.807) is 25.3 Å². The van der Waals surface area contributed by atoms with Crippen LogP contribution in [0.4, 0.5) is 15.9 Å². The summed E-state index contributed by atoms with van der Waals surface area (Å²) in [6, 6.07) is 5.47. The van der Waals surface area contributed by atoms with Crippen molar-refractivity contribution in [2.45, 2.75) is 18.9 Å². The predicted octanol–water partition coefficient (Wildman–Crippen LogP) is 2.06. The third-order valence-corrected chi connectivity index (χ3v) is 5.55. The molecule has 1 amide bonds. The van der Waals surface area contributed by atoms with Crippen molar-refractivity contribution >= 4 is 17.4 Å². The molecule has 27 heavy (non-hydrogen) atoms. The molecule has 142 valence electrons. The van der Waals surface area contributed by atoms with E-state index in [4.69, 9.17) is 5.73 Å². The number of amides is 1. The Bertz CT molecular complexity index is 921. The summed E-state index contributed by atoms with van der Waals surface area (Å²) in [4.78, 5) is 19.8. The molecule has 1 aromatic heterocycles. The average molecular weight is 369 g/mol. The van der Waals surface area contributed by atoms with Crippen molar-refractivity contribution in [2.75, 3.05) is 44.8 Å². The maximum absolute atomic E-state index is 15.2. The number of hydrogen-bond donors (Lipinski definition) is 2. The number of halogens is 1. The van der Waals surface area contributed by atoms with E-state index in [0.717, 1.165) is 23.5 Å². The van der Waals surface area contributed by atoms with Gasteiger partial charge in [0.1, 0.15) is 11.6 Å². The number of carbonyl (C=O) groups excluding carboxylic acids is 1. The lowest BCUT2D eigenvalue weighted by atomic mass is 9.75. The van der Waals surface area contributed by atoms with Crippen molar-refractivity contribution in [3.05, 3.63) is 41.3 Å². The molecule has 0 bridgehead atoms. The molecule has 0 aliphatic carbocycles. The van der Waals surface area contributed by atoms with Gasteiger partial charge in [-0.3, -0.25) is 4.79 Å². The number of nitrogen functional groups attached to an aromatic ring is 1. The number of fused-ring (bicyclic) bond motifs is 2. The van der Waals surface area contributed by atoms with Gasteiger partial charge in [-0.25, -0.2) is 9.37 Å². The van der Waals surface area contributed by atoms with Crippen LogP contribution < -0.4 is 11.1 Å². The zero-order valence-electron chi connectivity index (χ0n) is 15.8. The van der Waals surface area contributed by atoms with E-state index in [2.05, 4.69) is 10.3 Å². The molecule has 2 aliphatic heterocycles.